The fraction of sp³-hybridized carbons (Fsp3) is 1.00. The minimum Gasteiger partial charge on any atom is -0.393 e. The molecule has 3 unspecified atom stereocenters. The molecule has 0 aliphatic carbocycles. The van der Waals surface area contributed by atoms with Crippen LogP contribution in [0.3, 0.4) is 0 Å². The lowest BCUT2D eigenvalue weighted by Crippen LogP contribution is -2.42. The van der Waals surface area contributed by atoms with Gasteiger partial charge in [-0.2, -0.15) is 0 Å². The molecule has 3 atom stereocenters. The number of hydrogen-bond donors (Lipinski definition) is 2. The summed E-state index contributed by atoms with van der Waals surface area (Å²) in [5.41, 5.74) is -0.521. The van der Waals surface area contributed by atoms with Crippen molar-refractivity contribution in [2.24, 2.45) is 0 Å². The van der Waals surface area contributed by atoms with Crippen molar-refractivity contribution in [1.29, 1.82) is 0 Å². The van der Waals surface area contributed by atoms with Crippen LogP contribution in [0.25, 0.3) is 0 Å². The monoisotopic (exact) mass is 204 g/mol. The predicted molar refractivity (Wildman–Crippen MR) is 57.2 cm³/mol. The smallest absolute Gasteiger partial charge is 0.0909 e. The molecule has 0 spiro atoms. The molecule has 0 bridgehead atoms. The SMILES string of the molecule is CCCCC(C)(OC)C(O)CC(C)O. The van der Waals surface area contributed by atoms with Gasteiger partial charge >= 0.3 is 0 Å². The highest BCUT2D eigenvalue weighted by Gasteiger charge is 2.32. The second kappa shape index (κ2) is 6.38. The molecule has 0 aromatic rings. The molecular weight excluding hydrogens is 180 g/mol. The Kier molecular flexibility index (Phi) is 6.33. The van der Waals surface area contributed by atoms with Crippen molar-refractivity contribution in [1.82, 2.24) is 0 Å². The maximum atomic E-state index is 9.88. The third kappa shape index (κ3) is 4.40. The van der Waals surface area contributed by atoms with Gasteiger partial charge in [0.15, 0.2) is 0 Å². The topological polar surface area (TPSA) is 49.7 Å². The summed E-state index contributed by atoms with van der Waals surface area (Å²) in [6.07, 6.45) is 2.23. The molecule has 2 N–H and O–H groups in total. The standard InChI is InChI=1S/C11H24O3/c1-5-6-7-11(3,14-4)10(13)8-9(2)12/h9-10,12-13H,5-8H2,1-4H3. The first-order valence-electron chi connectivity index (χ1n) is 5.37. The van der Waals surface area contributed by atoms with Crippen molar-refractivity contribution in [2.75, 3.05) is 7.11 Å². The number of rotatable bonds is 7. The second-order valence-corrected chi connectivity index (χ2v) is 4.22. The van der Waals surface area contributed by atoms with Gasteiger partial charge in [-0.25, -0.2) is 0 Å². The van der Waals surface area contributed by atoms with Crippen molar-refractivity contribution in [3.8, 4) is 0 Å². The van der Waals surface area contributed by atoms with Crippen LogP contribution in [0.5, 0.6) is 0 Å². The normalized spacial score (nSPS) is 20.1. The molecule has 0 aliphatic rings. The number of methoxy groups -OCH3 is 1. The Morgan fingerprint density at radius 3 is 2.29 bits per heavy atom. The largest absolute Gasteiger partial charge is 0.393 e. The highest BCUT2D eigenvalue weighted by Crippen LogP contribution is 2.25. The van der Waals surface area contributed by atoms with Crippen molar-refractivity contribution < 1.29 is 14.9 Å². The summed E-state index contributed by atoms with van der Waals surface area (Å²) in [6.45, 7) is 5.69. The maximum Gasteiger partial charge on any atom is 0.0909 e. The molecule has 14 heavy (non-hydrogen) atoms. The zero-order valence-electron chi connectivity index (χ0n) is 9.79. The highest BCUT2D eigenvalue weighted by atomic mass is 16.5. The van der Waals surface area contributed by atoms with E-state index in [2.05, 4.69) is 6.92 Å². The molecule has 0 fully saturated rings. The van der Waals surface area contributed by atoms with E-state index in [0.717, 1.165) is 19.3 Å². The molecule has 0 aliphatic heterocycles. The van der Waals surface area contributed by atoms with E-state index in [1.807, 2.05) is 6.92 Å². The minimum atomic E-state index is -0.598. The summed E-state index contributed by atoms with van der Waals surface area (Å²) in [5, 5.41) is 19.1. The van der Waals surface area contributed by atoms with Crippen LogP contribution in [0.1, 0.15) is 46.5 Å². The Labute approximate surface area is 87.1 Å². The van der Waals surface area contributed by atoms with E-state index in [-0.39, 0.29) is 0 Å². The van der Waals surface area contributed by atoms with Crippen LogP contribution in [0.15, 0.2) is 0 Å². The van der Waals surface area contributed by atoms with Crippen LogP contribution >= 0.6 is 0 Å². The fourth-order valence-electron chi connectivity index (χ4n) is 1.50. The highest BCUT2D eigenvalue weighted by molar-refractivity contribution is 4.84. The Hall–Kier alpha value is -0.120. The molecule has 86 valence electrons. The number of hydrogen-bond acceptors (Lipinski definition) is 3. The molecule has 3 heteroatoms. The zero-order valence-corrected chi connectivity index (χ0v) is 9.79. The lowest BCUT2D eigenvalue weighted by atomic mass is 9.89. The van der Waals surface area contributed by atoms with Crippen LogP contribution in [-0.4, -0.2) is 35.1 Å². The summed E-state index contributed by atoms with van der Waals surface area (Å²) < 4.78 is 5.34. The lowest BCUT2D eigenvalue weighted by molar-refractivity contribution is -0.108. The molecule has 0 heterocycles. The van der Waals surface area contributed by atoms with E-state index in [0.29, 0.717) is 6.42 Å². The van der Waals surface area contributed by atoms with E-state index in [4.69, 9.17) is 4.74 Å². The Morgan fingerprint density at radius 1 is 1.36 bits per heavy atom. The quantitative estimate of drug-likeness (QED) is 0.664. The molecule has 0 radical (unpaired) electrons. The van der Waals surface area contributed by atoms with E-state index >= 15 is 0 Å². The number of aliphatic hydroxyl groups excluding tert-OH is 2. The third-order valence-corrected chi connectivity index (χ3v) is 2.76. The molecule has 3 nitrogen and oxygen atoms in total. The number of unbranched alkanes of at least 4 members (excludes halogenated alkanes) is 1. The molecular formula is C11H24O3. The van der Waals surface area contributed by atoms with E-state index in [1.54, 1.807) is 14.0 Å². The molecule has 0 saturated heterocycles. The first-order chi connectivity index (χ1) is 6.46. The molecule has 0 rings (SSSR count). The van der Waals surface area contributed by atoms with E-state index < -0.39 is 17.8 Å². The Morgan fingerprint density at radius 2 is 1.93 bits per heavy atom. The van der Waals surface area contributed by atoms with Crippen LogP contribution in [0.4, 0.5) is 0 Å². The van der Waals surface area contributed by atoms with Gasteiger partial charge in [0.25, 0.3) is 0 Å². The van der Waals surface area contributed by atoms with Crippen LogP contribution in [0.2, 0.25) is 0 Å². The lowest BCUT2D eigenvalue weighted by Gasteiger charge is -2.34. The van der Waals surface area contributed by atoms with Gasteiger partial charge in [-0.1, -0.05) is 19.8 Å². The van der Waals surface area contributed by atoms with Gasteiger partial charge in [-0.15, -0.1) is 0 Å². The summed E-state index contributed by atoms with van der Waals surface area (Å²) in [7, 11) is 1.61. The van der Waals surface area contributed by atoms with Gasteiger partial charge in [-0.05, 0) is 20.3 Å². The average molecular weight is 204 g/mol. The van der Waals surface area contributed by atoms with Crippen molar-refractivity contribution in [2.45, 2.75) is 64.3 Å². The first-order valence-corrected chi connectivity index (χ1v) is 5.37. The zero-order chi connectivity index (χ0) is 11.2. The number of aliphatic hydroxyl groups is 2. The van der Waals surface area contributed by atoms with Crippen molar-refractivity contribution in [3.05, 3.63) is 0 Å². The maximum absolute atomic E-state index is 9.88. The number of ether oxygens (including phenoxy) is 1. The fourth-order valence-corrected chi connectivity index (χ4v) is 1.50. The first kappa shape index (κ1) is 13.9. The van der Waals surface area contributed by atoms with Crippen LogP contribution < -0.4 is 0 Å². The van der Waals surface area contributed by atoms with Gasteiger partial charge < -0.3 is 14.9 Å². The van der Waals surface area contributed by atoms with Gasteiger partial charge in [0, 0.05) is 13.5 Å². The summed E-state index contributed by atoms with van der Waals surface area (Å²) in [6, 6.07) is 0. The van der Waals surface area contributed by atoms with Gasteiger partial charge in [0.1, 0.15) is 0 Å². The summed E-state index contributed by atoms with van der Waals surface area (Å²) in [4.78, 5) is 0. The summed E-state index contributed by atoms with van der Waals surface area (Å²) >= 11 is 0. The van der Waals surface area contributed by atoms with E-state index in [1.165, 1.54) is 0 Å². The van der Waals surface area contributed by atoms with Crippen molar-refractivity contribution >= 4 is 0 Å². The van der Waals surface area contributed by atoms with E-state index in [9.17, 15) is 10.2 Å². The minimum absolute atomic E-state index is 0.369. The van der Waals surface area contributed by atoms with Gasteiger partial charge in [0.2, 0.25) is 0 Å². The molecule has 0 aromatic carbocycles. The Bertz CT molecular complexity index is 147. The molecule has 0 aromatic heterocycles. The Balaban J connectivity index is 4.19. The van der Waals surface area contributed by atoms with Gasteiger partial charge in [0.05, 0.1) is 17.8 Å². The average Bonchev–Trinajstić information content (AvgIpc) is 2.13. The molecule has 0 saturated carbocycles. The predicted octanol–water partition coefficient (Wildman–Crippen LogP) is 1.71. The second-order valence-electron chi connectivity index (χ2n) is 4.22. The van der Waals surface area contributed by atoms with Crippen LogP contribution in [-0.2, 0) is 4.74 Å². The molecule has 0 amide bonds. The van der Waals surface area contributed by atoms with Crippen LogP contribution in [0, 0.1) is 0 Å². The van der Waals surface area contributed by atoms with Gasteiger partial charge in [-0.3, -0.25) is 0 Å². The van der Waals surface area contributed by atoms with Crippen molar-refractivity contribution in [3.63, 3.8) is 0 Å². The summed E-state index contributed by atoms with van der Waals surface area (Å²) in [5.74, 6) is 0. The third-order valence-electron chi connectivity index (χ3n) is 2.76.